The third kappa shape index (κ3) is 2.90. The van der Waals surface area contributed by atoms with Crippen LogP contribution in [-0.4, -0.2) is 33.2 Å². The monoisotopic (exact) mass is 363 g/mol. The van der Waals surface area contributed by atoms with Gasteiger partial charge < -0.3 is 4.90 Å². The summed E-state index contributed by atoms with van der Waals surface area (Å²) in [4.78, 5) is 15.8. The normalized spacial score (nSPS) is 29.1. The second-order valence-corrected chi connectivity index (χ2v) is 10.1. The fourth-order valence-corrected chi connectivity index (χ4v) is 5.90. The molecular weight excluding hydrogens is 334 g/mol. The molecule has 2 atom stereocenters. The van der Waals surface area contributed by atoms with Crippen LogP contribution in [0.5, 0.6) is 0 Å². The molecule has 4 nitrogen and oxygen atoms in total. The van der Waals surface area contributed by atoms with Gasteiger partial charge in [0.15, 0.2) is 0 Å². The number of para-hydroxylation sites is 1. The van der Waals surface area contributed by atoms with Gasteiger partial charge in [0, 0.05) is 18.5 Å². The molecule has 1 aromatic carbocycles. The summed E-state index contributed by atoms with van der Waals surface area (Å²) in [7, 11) is 0. The van der Waals surface area contributed by atoms with Crippen molar-refractivity contribution in [1.29, 1.82) is 0 Å². The molecule has 2 bridgehead atoms. The summed E-state index contributed by atoms with van der Waals surface area (Å²) in [6.07, 6.45) is 7.60. The standard InChI is InChI=1S/C23H29N3O/c1-22(2)11-18-12-23(3,14-22)15-25(18)21(27)19-13-24-26(20(19)16-9-10-16)17-7-5-4-6-8-17/h4-8,13,16,18H,9-12,14-15H2,1-3H3. The largest absolute Gasteiger partial charge is 0.335 e. The van der Waals surface area contributed by atoms with Crippen LogP contribution >= 0.6 is 0 Å². The van der Waals surface area contributed by atoms with Crippen molar-refractivity contribution in [3.05, 3.63) is 47.8 Å². The van der Waals surface area contributed by atoms with E-state index in [1.54, 1.807) is 0 Å². The van der Waals surface area contributed by atoms with E-state index >= 15 is 0 Å². The van der Waals surface area contributed by atoms with E-state index in [4.69, 9.17) is 0 Å². The highest BCUT2D eigenvalue weighted by atomic mass is 16.2. The minimum atomic E-state index is 0.200. The lowest BCUT2D eigenvalue weighted by molar-refractivity contribution is 0.0707. The fraction of sp³-hybridized carbons (Fsp3) is 0.565. The van der Waals surface area contributed by atoms with E-state index < -0.39 is 0 Å². The molecule has 2 saturated carbocycles. The molecule has 1 amide bonds. The number of amides is 1. The number of fused-ring (bicyclic) bond motifs is 2. The first-order valence-corrected chi connectivity index (χ1v) is 10.3. The number of hydrogen-bond donors (Lipinski definition) is 0. The maximum absolute atomic E-state index is 13.6. The quantitative estimate of drug-likeness (QED) is 0.786. The number of nitrogens with zero attached hydrogens (tertiary/aromatic N) is 3. The molecule has 2 aromatic rings. The van der Waals surface area contributed by atoms with Crippen molar-refractivity contribution in [1.82, 2.24) is 14.7 Å². The summed E-state index contributed by atoms with van der Waals surface area (Å²) in [5.41, 5.74) is 3.58. The Morgan fingerprint density at radius 2 is 1.85 bits per heavy atom. The average molecular weight is 364 g/mol. The Balaban J connectivity index is 1.51. The number of carbonyl (C=O) groups is 1. The van der Waals surface area contributed by atoms with Crippen LogP contribution in [0.2, 0.25) is 0 Å². The topological polar surface area (TPSA) is 38.1 Å². The third-order valence-electron chi connectivity index (χ3n) is 6.68. The third-order valence-corrected chi connectivity index (χ3v) is 6.68. The number of likely N-dealkylation sites (tertiary alicyclic amines) is 1. The van der Waals surface area contributed by atoms with Crippen molar-refractivity contribution in [2.24, 2.45) is 10.8 Å². The molecule has 0 radical (unpaired) electrons. The Kier molecular flexibility index (Phi) is 3.59. The van der Waals surface area contributed by atoms with Crippen LogP contribution in [0.15, 0.2) is 36.5 Å². The van der Waals surface area contributed by atoms with Crippen LogP contribution in [0, 0.1) is 10.8 Å². The highest BCUT2D eigenvalue weighted by Gasteiger charge is 2.51. The number of benzene rings is 1. The molecule has 0 N–H and O–H groups in total. The first-order valence-electron chi connectivity index (χ1n) is 10.3. The molecule has 1 aliphatic heterocycles. The first kappa shape index (κ1) is 17.0. The van der Waals surface area contributed by atoms with Crippen molar-refractivity contribution in [3.8, 4) is 5.69 Å². The van der Waals surface area contributed by atoms with Gasteiger partial charge in [0.1, 0.15) is 0 Å². The summed E-state index contributed by atoms with van der Waals surface area (Å²) in [6.45, 7) is 7.97. The Bertz CT molecular complexity index is 880. The van der Waals surface area contributed by atoms with Crippen molar-refractivity contribution in [2.45, 2.75) is 64.8 Å². The lowest BCUT2D eigenvalue weighted by atomic mass is 9.65. The molecule has 1 aromatic heterocycles. The van der Waals surface area contributed by atoms with E-state index in [9.17, 15) is 4.79 Å². The number of rotatable bonds is 3. The molecule has 3 fully saturated rings. The van der Waals surface area contributed by atoms with E-state index in [1.165, 1.54) is 6.42 Å². The molecule has 2 unspecified atom stereocenters. The number of aromatic nitrogens is 2. The molecule has 4 heteroatoms. The van der Waals surface area contributed by atoms with Crippen LogP contribution < -0.4 is 0 Å². The van der Waals surface area contributed by atoms with Gasteiger partial charge in [-0.3, -0.25) is 4.79 Å². The fourth-order valence-electron chi connectivity index (χ4n) is 5.90. The summed E-state index contributed by atoms with van der Waals surface area (Å²) in [5.74, 6) is 0.672. The van der Waals surface area contributed by atoms with Gasteiger partial charge in [-0.1, -0.05) is 39.0 Å². The molecule has 2 heterocycles. The van der Waals surface area contributed by atoms with E-state index in [0.717, 1.165) is 49.2 Å². The molecule has 5 rings (SSSR count). The van der Waals surface area contributed by atoms with Crippen molar-refractivity contribution >= 4 is 5.91 Å². The zero-order valence-corrected chi connectivity index (χ0v) is 16.6. The zero-order chi connectivity index (χ0) is 18.8. The predicted octanol–water partition coefficient (Wildman–Crippen LogP) is 4.79. The number of hydrogen-bond acceptors (Lipinski definition) is 2. The van der Waals surface area contributed by atoms with E-state index in [-0.39, 0.29) is 11.3 Å². The molecule has 3 aliphatic rings. The molecular formula is C23H29N3O. The van der Waals surface area contributed by atoms with Gasteiger partial charge in [-0.25, -0.2) is 4.68 Å². The average Bonchev–Trinajstić information content (AvgIpc) is 3.29. The van der Waals surface area contributed by atoms with Crippen molar-refractivity contribution in [3.63, 3.8) is 0 Å². The minimum absolute atomic E-state index is 0.200. The Labute approximate surface area is 161 Å². The van der Waals surface area contributed by atoms with Gasteiger partial charge in [-0.2, -0.15) is 5.10 Å². The van der Waals surface area contributed by atoms with Crippen LogP contribution in [0.25, 0.3) is 5.69 Å². The minimum Gasteiger partial charge on any atom is -0.335 e. The van der Waals surface area contributed by atoms with Gasteiger partial charge in [-0.05, 0) is 55.1 Å². The van der Waals surface area contributed by atoms with E-state index in [0.29, 0.717) is 17.4 Å². The highest BCUT2D eigenvalue weighted by Crippen LogP contribution is 2.53. The van der Waals surface area contributed by atoms with E-state index in [2.05, 4.69) is 42.9 Å². The number of carbonyl (C=O) groups excluding carboxylic acids is 1. The Morgan fingerprint density at radius 1 is 1.11 bits per heavy atom. The maximum Gasteiger partial charge on any atom is 0.257 e. The molecule has 142 valence electrons. The second kappa shape index (κ2) is 5.70. The summed E-state index contributed by atoms with van der Waals surface area (Å²) in [6, 6.07) is 10.6. The van der Waals surface area contributed by atoms with Gasteiger partial charge >= 0.3 is 0 Å². The summed E-state index contributed by atoms with van der Waals surface area (Å²) >= 11 is 0. The van der Waals surface area contributed by atoms with Crippen LogP contribution in [0.1, 0.15) is 74.8 Å². The lowest BCUT2D eigenvalue weighted by Gasteiger charge is -2.39. The predicted molar refractivity (Wildman–Crippen MR) is 106 cm³/mol. The molecule has 0 spiro atoms. The van der Waals surface area contributed by atoms with Crippen LogP contribution in [-0.2, 0) is 0 Å². The van der Waals surface area contributed by atoms with Gasteiger partial charge in [0.05, 0.1) is 23.1 Å². The first-order chi connectivity index (χ1) is 12.9. The van der Waals surface area contributed by atoms with Crippen LogP contribution in [0.3, 0.4) is 0 Å². The summed E-state index contributed by atoms with van der Waals surface area (Å²) in [5, 5.41) is 4.64. The molecule has 2 aliphatic carbocycles. The van der Waals surface area contributed by atoms with Gasteiger partial charge in [0.25, 0.3) is 5.91 Å². The zero-order valence-electron chi connectivity index (χ0n) is 16.6. The SMILES string of the molecule is CC1(C)CC2CC(C)(CN2C(=O)c2cnn(-c3ccccc3)c2C2CC2)C1. The highest BCUT2D eigenvalue weighted by molar-refractivity contribution is 5.96. The van der Waals surface area contributed by atoms with Crippen LogP contribution in [0.4, 0.5) is 0 Å². The molecule has 27 heavy (non-hydrogen) atoms. The van der Waals surface area contributed by atoms with Gasteiger partial charge in [-0.15, -0.1) is 0 Å². The van der Waals surface area contributed by atoms with Crippen molar-refractivity contribution < 1.29 is 4.79 Å². The second-order valence-electron chi connectivity index (χ2n) is 10.1. The smallest absolute Gasteiger partial charge is 0.257 e. The maximum atomic E-state index is 13.6. The lowest BCUT2D eigenvalue weighted by Crippen LogP contribution is -2.38. The van der Waals surface area contributed by atoms with Crippen molar-refractivity contribution in [2.75, 3.05) is 6.54 Å². The van der Waals surface area contributed by atoms with E-state index in [1.807, 2.05) is 29.1 Å². The summed E-state index contributed by atoms with van der Waals surface area (Å²) < 4.78 is 2.00. The van der Waals surface area contributed by atoms with Gasteiger partial charge in [0.2, 0.25) is 0 Å². The molecule has 1 saturated heterocycles. The Hall–Kier alpha value is -2.10. The Morgan fingerprint density at radius 3 is 2.56 bits per heavy atom.